The number of nitrogens with one attached hydrogen (secondary N) is 1. The van der Waals surface area contributed by atoms with E-state index < -0.39 is 10.0 Å². The minimum absolute atomic E-state index is 0.115. The number of hydrogen-bond acceptors (Lipinski definition) is 6. The van der Waals surface area contributed by atoms with E-state index in [0.717, 1.165) is 18.5 Å². The highest BCUT2D eigenvalue weighted by Crippen LogP contribution is 2.26. The van der Waals surface area contributed by atoms with E-state index in [9.17, 15) is 13.2 Å². The number of amides is 1. The van der Waals surface area contributed by atoms with Gasteiger partial charge in [-0.15, -0.1) is 11.3 Å². The molecule has 0 radical (unpaired) electrons. The fourth-order valence-corrected chi connectivity index (χ4v) is 5.63. The molecule has 7 nitrogen and oxygen atoms in total. The van der Waals surface area contributed by atoms with Crippen molar-refractivity contribution in [2.24, 2.45) is 5.92 Å². The first-order valence-electron chi connectivity index (χ1n) is 8.17. The molecule has 0 bridgehead atoms. The topological polar surface area (TPSA) is 92.5 Å². The normalized spacial score (nSPS) is 19.0. The summed E-state index contributed by atoms with van der Waals surface area (Å²) in [7, 11) is -3.42. The maximum Gasteiger partial charge on any atom is 0.252 e. The lowest BCUT2D eigenvalue weighted by atomic mass is 10.00. The van der Waals surface area contributed by atoms with Crippen molar-refractivity contribution >= 4 is 27.3 Å². The van der Waals surface area contributed by atoms with Gasteiger partial charge in [-0.05, 0) is 37.1 Å². The van der Waals surface area contributed by atoms with Crippen LogP contribution in [0.2, 0.25) is 0 Å². The average molecular weight is 383 g/mol. The molecule has 1 unspecified atom stereocenters. The van der Waals surface area contributed by atoms with Gasteiger partial charge in [0.2, 0.25) is 5.91 Å². The first-order chi connectivity index (χ1) is 11.9. The largest absolute Gasteiger partial charge is 0.361 e. The van der Waals surface area contributed by atoms with Crippen LogP contribution < -0.4 is 5.32 Å². The van der Waals surface area contributed by atoms with Gasteiger partial charge in [0, 0.05) is 25.7 Å². The molecular formula is C16H21N3O4S2. The third-order valence-corrected chi connectivity index (χ3v) is 7.41. The van der Waals surface area contributed by atoms with Crippen LogP contribution in [0.5, 0.6) is 0 Å². The van der Waals surface area contributed by atoms with Crippen molar-refractivity contribution in [3.05, 3.63) is 35.0 Å². The van der Waals surface area contributed by atoms with Crippen LogP contribution in [0.3, 0.4) is 0 Å². The van der Waals surface area contributed by atoms with Gasteiger partial charge >= 0.3 is 0 Å². The highest BCUT2D eigenvalue weighted by Gasteiger charge is 2.30. The number of nitrogens with zero attached hydrogens (tertiary/aromatic N) is 2. The number of carbonyl (C=O) groups is 1. The fourth-order valence-electron chi connectivity index (χ4n) is 2.93. The summed E-state index contributed by atoms with van der Waals surface area (Å²) in [6, 6.07) is 5.10. The molecule has 1 atom stereocenters. The van der Waals surface area contributed by atoms with E-state index in [1.807, 2.05) is 0 Å². The Morgan fingerprint density at radius 1 is 1.52 bits per heavy atom. The molecular weight excluding hydrogens is 362 g/mol. The van der Waals surface area contributed by atoms with Crippen molar-refractivity contribution in [1.29, 1.82) is 0 Å². The van der Waals surface area contributed by atoms with E-state index in [1.165, 1.54) is 15.6 Å². The van der Waals surface area contributed by atoms with E-state index in [4.69, 9.17) is 4.52 Å². The van der Waals surface area contributed by atoms with Gasteiger partial charge in [0.15, 0.2) is 0 Å². The molecule has 2 aromatic heterocycles. The summed E-state index contributed by atoms with van der Waals surface area (Å²) in [4.78, 5) is 12.0. The molecule has 1 fully saturated rings. The minimum Gasteiger partial charge on any atom is -0.361 e. The van der Waals surface area contributed by atoms with E-state index in [0.29, 0.717) is 29.6 Å². The van der Waals surface area contributed by atoms with Crippen LogP contribution in [-0.2, 0) is 21.2 Å². The van der Waals surface area contributed by atoms with E-state index in [-0.39, 0.29) is 18.2 Å². The van der Waals surface area contributed by atoms with Gasteiger partial charge < -0.3 is 9.84 Å². The zero-order valence-corrected chi connectivity index (χ0v) is 15.6. The van der Waals surface area contributed by atoms with Crippen LogP contribution >= 0.6 is 11.3 Å². The quantitative estimate of drug-likeness (QED) is 0.821. The molecule has 3 rings (SSSR count). The molecule has 1 amide bonds. The number of hydrogen-bond donors (Lipinski definition) is 1. The summed E-state index contributed by atoms with van der Waals surface area (Å²) >= 11 is 1.23. The first kappa shape index (κ1) is 18.1. The standard InChI is InChI=1S/C16H21N3O4S2/c1-12-8-14(23-18-12)9-15(20)17-10-13-4-2-6-19(11-13)25(21,22)16-5-3-7-24-16/h3,5,7-8,13H,2,4,6,9-11H2,1H3,(H,17,20). The Labute approximate surface area is 151 Å². The molecule has 3 heterocycles. The second kappa shape index (κ2) is 7.67. The maximum absolute atomic E-state index is 12.6. The van der Waals surface area contributed by atoms with Crippen LogP contribution in [0.4, 0.5) is 0 Å². The lowest BCUT2D eigenvalue weighted by Crippen LogP contribution is -2.43. The molecule has 1 saturated heterocycles. The molecule has 1 aliphatic heterocycles. The number of aryl methyl sites for hydroxylation is 1. The van der Waals surface area contributed by atoms with Crippen molar-refractivity contribution in [2.75, 3.05) is 19.6 Å². The predicted octanol–water partition coefficient (Wildman–Crippen LogP) is 1.80. The van der Waals surface area contributed by atoms with Crippen LogP contribution in [0.1, 0.15) is 24.3 Å². The number of thiophene rings is 1. The maximum atomic E-state index is 12.6. The molecule has 0 aromatic carbocycles. The lowest BCUT2D eigenvalue weighted by molar-refractivity contribution is -0.120. The minimum atomic E-state index is -3.42. The van der Waals surface area contributed by atoms with Crippen molar-refractivity contribution in [3.8, 4) is 0 Å². The summed E-state index contributed by atoms with van der Waals surface area (Å²) in [6.45, 7) is 3.22. The van der Waals surface area contributed by atoms with Crippen LogP contribution in [0.15, 0.2) is 32.3 Å². The van der Waals surface area contributed by atoms with Gasteiger partial charge in [0.05, 0.1) is 12.1 Å². The number of carbonyl (C=O) groups excluding carboxylic acids is 1. The molecule has 2 aromatic rings. The third kappa shape index (κ3) is 4.47. The van der Waals surface area contributed by atoms with E-state index >= 15 is 0 Å². The van der Waals surface area contributed by atoms with Crippen LogP contribution in [-0.4, -0.2) is 43.4 Å². The Hall–Kier alpha value is -1.71. The molecule has 1 aliphatic rings. The second-order valence-electron chi connectivity index (χ2n) is 6.22. The van der Waals surface area contributed by atoms with Gasteiger partial charge in [-0.25, -0.2) is 8.42 Å². The van der Waals surface area contributed by atoms with E-state index in [1.54, 1.807) is 30.5 Å². The zero-order chi connectivity index (χ0) is 17.9. The van der Waals surface area contributed by atoms with Gasteiger partial charge in [-0.3, -0.25) is 4.79 Å². The van der Waals surface area contributed by atoms with E-state index in [2.05, 4.69) is 10.5 Å². The monoisotopic (exact) mass is 383 g/mol. The smallest absolute Gasteiger partial charge is 0.252 e. The zero-order valence-electron chi connectivity index (χ0n) is 14.0. The Bertz CT molecular complexity index is 814. The number of piperidine rings is 1. The summed E-state index contributed by atoms with van der Waals surface area (Å²) in [6.07, 6.45) is 1.84. The number of aromatic nitrogens is 1. The molecule has 9 heteroatoms. The Morgan fingerprint density at radius 2 is 2.36 bits per heavy atom. The van der Waals surface area contributed by atoms with Crippen LogP contribution in [0.25, 0.3) is 0 Å². The highest BCUT2D eigenvalue weighted by atomic mass is 32.2. The number of rotatable bonds is 6. The molecule has 136 valence electrons. The average Bonchev–Trinajstić information content (AvgIpc) is 3.25. The van der Waals surface area contributed by atoms with Gasteiger partial charge in [0.25, 0.3) is 10.0 Å². The summed E-state index contributed by atoms with van der Waals surface area (Å²) in [5, 5.41) is 8.39. The third-order valence-electron chi connectivity index (χ3n) is 4.17. The van der Waals surface area contributed by atoms with Gasteiger partial charge in [0.1, 0.15) is 9.97 Å². The number of sulfonamides is 1. The Morgan fingerprint density at radius 3 is 3.04 bits per heavy atom. The lowest BCUT2D eigenvalue weighted by Gasteiger charge is -2.31. The summed E-state index contributed by atoms with van der Waals surface area (Å²) in [5.41, 5.74) is 0.740. The van der Waals surface area contributed by atoms with Gasteiger partial charge in [-0.1, -0.05) is 11.2 Å². The summed E-state index contributed by atoms with van der Waals surface area (Å²) in [5.74, 6) is 0.499. The molecule has 0 saturated carbocycles. The predicted molar refractivity (Wildman–Crippen MR) is 93.8 cm³/mol. The molecule has 0 aliphatic carbocycles. The molecule has 0 spiro atoms. The Balaban J connectivity index is 1.52. The highest BCUT2D eigenvalue weighted by molar-refractivity contribution is 7.91. The summed E-state index contributed by atoms with van der Waals surface area (Å²) < 4.78 is 32.1. The van der Waals surface area contributed by atoms with Crippen molar-refractivity contribution in [3.63, 3.8) is 0 Å². The fraction of sp³-hybridized carbons (Fsp3) is 0.500. The van der Waals surface area contributed by atoms with Crippen LogP contribution in [0, 0.1) is 12.8 Å². The second-order valence-corrected chi connectivity index (χ2v) is 9.33. The van der Waals surface area contributed by atoms with Crippen molar-refractivity contribution in [2.45, 2.75) is 30.4 Å². The SMILES string of the molecule is Cc1cc(CC(=O)NCC2CCCN(S(=O)(=O)c3cccs3)C2)on1. The Kier molecular flexibility index (Phi) is 5.55. The van der Waals surface area contributed by atoms with Crippen molar-refractivity contribution in [1.82, 2.24) is 14.8 Å². The molecule has 25 heavy (non-hydrogen) atoms. The van der Waals surface area contributed by atoms with Gasteiger partial charge in [-0.2, -0.15) is 4.31 Å². The first-order valence-corrected chi connectivity index (χ1v) is 10.5. The van der Waals surface area contributed by atoms with Crippen molar-refractivity contribution < 1.29 is 17.7 Å². The molecule has 1 N–H and O–H groups in total.